The van der Waals surface area contributed by atoms with Gasteiger partial charge in [0, 0.05) is 26.1 Å². The highest BCUT2D eigenvalue weighted by Gasteiger charge is 2.46. The lowest BCUT2D eigenvalue weighted by Gasteiger charge is -2.28. The molecule has 2 aliphatic heterocycles. The first-order valence-electron chi connectivity index (χ1n) is 10.0. The molecule has 0 saturated carbocycles. The van der Waals surface area contributed by atoms with E-state index in [1.807, 2.05) is 24.3 Å². The normalized spacial score (nSPS) is 18.6. The van der Waals surface area contributed by atoms with Gasteiger partial charge in [0.15, 0.2) is 0 Å². The number of amides is 3. The Hall–Kier alpha value is -2.66. The van der Waals surface area contributed by atoms with Crippen molar-refractivity contribution in [3.63, 3.8) is 0 Å². The zero-order chi connectivity index (χ0) is 19.5. The summed E-state index contributed by atoms with van der Waals surface area (Å²) in [5, 5.41) is 0. The van der Waals surface area contributed by atoms with Crippen molar-refractivity contribution in [1.29, 1.82) is 0 Å². The number of hydrogen-bond donors (Lipinski definition) is 0. The molecule has 0 aromatic heterocycles. The Morgan fingerprint density at radius 3 is 2.46 bits per heavy atom. The van der Waals surface area contributed by atoms with Crippen LogP contribution in [0.25, 0.3) is 0 Å². The van der Waals surface area contributed by atoms with E-state index in [2.05, 4.69) is 42.3 Å². The van der Waals surface area contributed by atoms with Crippen LogP contribution in [0.1, 0.15) is 23.1 Å². The van der Waals surface area contributed by atoms with Gasteiger partial charge in [-0.05, 0) is 43.1 Å². The van der Waals surface area contributed by atoms with Crippen LogP contribution in [0.2, 0.25) is 0 Å². The lowest BCUT2D eigenvalue weighted by Crippen LogP contribution is -2.39. The SMILES string of the molecule is CN(CCCN1C(=O)[C@@H]2Cc3ccccc3CN2C1=O)CCc1ccccc1. The van der Waals surface area contributed by atoms with Gasteiger partial charge in [-0.1, -0.05) is 54.6 Å². The van der Waals surface area contributed by atoms with Crippen LogP contribution in [0.15, 0.2) is 54.6 Å². The van der Waals surface area contributed by atoms with Crippen LogP contribution in [0.5, 0.6) is 0 Å². The predicted molar refractivity (Wildman–Crippen MR) is 109 cm³/mol. The van der Waals surface area contributed by atoms with E-state index in [9.17, 15) is 9.59 Å². The molecule has 0 N–H and O–H groups in total. The third-order valence-electron chi connectivity index (χ3n) is 5.82. The molecular formula is C23H27N3O2. The first kappa shape index (κ1) is 18.7. The molecule has 0 unspecified atom stereocenters. The first-order valence-corrected chi connectivity index (χ1v) is 10.0. The Bertz CT molecular complexity index is 809. The number of urea groups is 1. The molecule has 2 aromatic carbocycles. The fourth-order valence-corrected chi connectivity index (χ4v) is 4.15. The molecular weight excluding hydrogens is 350 g/mol. The molecule has 2 aromatic rings. The van der Waals surface area contributed by atoms with Gasteiger partial charge in [0.1, 0.15) is 6.04 Å². The molecule has 1 fully saturated rings. The van der Waals surface area contributed by atoms with Crippen LogP contribution in [0, 0.1) is 0 Å². The van der Waals surface area contributed by atoms with E-state index in [-0.39, 0.29) is 18.0 Å². The lowest BCUT2D eigenvalue weighted by molar-refractivity contribution is -0.128. The van der Waals surface area contributed by atoms with Crippen molar-refractivity contribution < 1.29 is 9.59 Å². The Kier molecular flexibility index (Phi) is 5.44. The number of likely N-dealkylation sites (N-methyl/N-ethyl adjacent to an activating group) is 1. The summed E-state index contributed by atoms with van der Waals surface area (Å²) in [6.07, 6.45) is 2.44. The van der Waals surface area contributed by atoms with Gasteiger partial charge >= 0.3 is 6.03 Å². The first-order chi connectivity index (χ1) is 13.6. The molecule has 4 rings (SSSR count). The molecule has 28 heavy (non-hydrogen) atoms. The van der Waals surface area contributed by atoms with E-state index >= 15 is 0 Å². The Labute approximate surface area is 166 Å². The largest absolute Gasteiger partial charge is 0.327 e. The highest BCUT2D eigenvalue weighted by atomic mass is 16.2. The van der Waals surface area contributed by atoms with Crippen molar-refractivity contribution in [3.05, 3.63) is 71.3 Å². The van der Waals surface area contributed by atoms with E-state index in [0.717, 1.165) is 31.5 Å². The standard InChI is InChI=1S/C23H27N3O2/c1-24(15-12-18-8-3-2-4-9-18)13-7-14-25-22(27)21-16-19-10-5-6-11-20(19)17-26(21)23(25)28/h2-6,8-11,21H,7,12-17H2,1H3/t21-/m0/s1. The number of benzene rings is 2. The minimum absolute atomic E-state index is 0.0357. The molecule has 0 bridgehead atoms. The summed E-state index contributed by atoms with van der Waals surface area (Å²) in [6.45, 7) is 2.88. The van der Waals surface area contributed by atoms with Gasteiger partial charge in [0.2, 0.25) is 0 Å². The molecule has 0 radical (unpaired) electrons. The van der Waals surface area contributed by atoms with Crippen LogP contribution in [-0.2, 0) is 24.2 Å². The third kappa shape index (κ3) is 3.80. The van der Waals surface area contributed by atoms with Gasteiger partial charge in [0.25, 0.3) is 5.91 Å². The fourth-order valence-electron chi connectivity index (χ4n) is 4.15. The average Bonchev–Trinajstić information content (AvgIpc) is 2.96. The summed E-state index contributed by atoms with van der Waals surface area (Å²) in [4.78, 5) is 31.0. The zero-order valence-corrected chi connectivity index (χ0v) is 16.4. The fraction of sp³-hybridized carbons (Fsp3) is 0.391. The Balaban J connectivity index is 1.28. The second-order valence-electron chi connectivity index (χ2n) is 7.78. The van der Waals surface area contributed by atoms with Crippen molar-refractivity contribution in [1.82, 2.24) is 14.7 Å². The van der Waals surface area contributed by atoms with Crippen molar-refractivity contribution in [2.45, 2.75) is 31.8 Å². The highest BCUT2D eigenvalue weighted by molar-refractivity contribution is 6.04. The Morgan fingerprint density at radius 1 is 0.964 bits per heavy atom. The molecule has 2 aliphatic rings. The second kappa shape index (κ2) is 8.15. The highest BCUT2D eigenvalue weighted by Crippen LogP contribution is 2.29. The number of carbonyl (C=O) groups is 2. The topological polar surface area (TPSA) is 43.9 Å². The third-order valence-corrected chi connectivity index (χ3v) is 5.82. The maximum atomic E-state index is 12.8. The molecule has 5 nitrogen and oxygen atoms in total. The average molecular weight is 377 g/mol. The van der Waals surface area contributed by atoms with Gasteiger partial charge < -0.3 is 9.80 Å². The number of rotatable bonds is 7. The smallest absolute Gasteiger partial charge is 0.308 e. The number of imide groups is 1. The molecule has 2 heterocycles. The van der Waals surface area contributed by atoms with Crippen molar-refractivity contribution in [3.8, 4) is 0 Å². The van der Waals surface area contributed by atoms with Gasteiger partial charge in [-0.15, -0.1) is 0 Å². The van der Waals surface area contributed by atoms with Gasteiger partial charge in [-0.3, -0.25) is 9.69 Å². The summed E-state index contributed by atoms with van der Waals surface area (Å²) >= 11 is 0. The predicted octanol–water partition coefficient (Wildman–Crippen LogP) is 2.94. The maximum Gasteiger partial charge on any atom is 0.327 e. The van der Waals surface area contributed by atoms with Crippen molar-refractivity contribution in [2.24, 2.45) is 0 Å². The maximum absolute atomic E-state index is 12.8. The van der Waals surface area contributed by atoms with Crippen LogP contribution >= 0.6 is 0 Å². The quantitative estimate of drug-likeness (QED) is 0.697. The van der Waals surface area contributed by atoms with Gasteiger partial charge in [0.05, 0.1) is 0 Å². The minimum atomic E-state index is -0.321. The van der Waals surface area contributed by atoms with Crippen LogP contribution in [-0.4, -0.2) is 59.4 Å². The van der Waals surface area contributed by atoms with E-state index < -0.39 is 0 Å². The number of fused-ring (bicyclic) bond motifs is 2. The molecule has 0 spiro atoms. The minimum Gasteiger partial charge on any atom is -0.308 e. The van der Waals surface area contributed by atoms with Crippen LogP contribution in [0.3, 0.4) is 0 Å². The number of carbonyl (C=O) groups excluding carboxylic acids is 2. The van der Waals surface area contributed by atoms with Gasteiger partial charge in [-0.2, -0.15) is 0 Å². The summed E-state index contributed by atoms with van der Waals surface area (Å²) in [7, 11) is 2.09. The summed E-state index contributed by atoms with van der Waals surface area (Å²) in [5.74, 6) is -0.0357. The Morgan fingerprint density at radius 2 is 1.68 bits per heavy atom. The van der Waals surface area contributed by atoms with Crippen molar-refractivity contribution >= 4 is 11.9 Å². The van der Waals surface area contributed by atoms with Crippen molar-refractivity contribution in [2.75, 3.05) is 26.7 Å². The zero-order valence-electron chi connectivity index (χ0n) is 16.4. The van der Waals surface area contributed by atoms with E-state index in [0.29, 0.717) is 19.5 Å². The lowest BCUT2D eigenvalue weighted by atomic mass is 9.95. The molecule has 3 amide bonds. The number of nitrogens with zero attached hydrogens (tertiary/aromatic N) is 3. The summed E-state index contributed by atoms with van der Waals surface area (Å²) < 4.78 is 0. The summed E-state index contributed by atoms with van der Waals surface area (Å²) in [6, 6.07) is 18.1. The van der Waals surface area contributed by atoms with Crippen LogP contribution < -0.4 is 0 Å². The molecule has 146 valence electrons. The second-order valence-corrected chi connectivity index (χ2v) is 7.78. The monoisotopic (exact) mass is 377 g/mol. The van der Waals surface area contributed by atoms with Gasteiger partial charge in [-0.25, -0.2) is 4.79 Å². The molecule has 5 heteroatoms. The van der Waals surface area contributed by atoms with Crippen LogP contribution in [0.4, 0.5) is 4.79 Å². The molecule has 1 saturated heterocycles. The molecule has 1 atom stereocenters. The summed E-state index contributed by atoms with van der Waals surface area (Å²) in [5.41, 5.74) is 3.67. The molecule has 0 aliphatic carbocycles. The van der Waals surface area contributed by atoms with E-state index in [1.54, 1.807) is 4.90 Å². The van der Waals surface area contributed by atoms with E-state index in [4.69, 9.17) is 0 Å². The van der Waals surface area contributed by atoms with E-state index in [1.165, 1.54) is 16.0 Å². The number of hydrogen-bond acceptors (Lipinski definition) is 3.